The molecule has 0 saturated carbocycles. The van der Waals surface area contributed by atoms with Crippen molar-refractivity contribution in [3.8, 4) is 33.2 Å². The van der Waals surface area contributed by atoms with E-state index in [1.54, 1.807) is 20.3 Å². The molecule has 0 aliphatic rings. The van der Waals surface area contributed by atoms with Gasteiger partial charge in [-0.15, -0.1) is 0 Å². The summed E-state index contributed by atoms with van der Waals surface area (Å²) < 4.78 is 13.5. The van der Waals surface area contributed by atoms with Gasteiger partial charge in [-0.1, -0.05) is 23.5 Å². The first-order valence-electron chi connectivity index (χ1n) is 9.84. The first-order valence-corrected chi connectivity index (χ1v) is 11.7. The van der Waals surface area contributed by atoms with Gasteiger partial charge in [0, 0.05) is 10.6 Å². The molecular formula is C25H21IN2O3S. The van der Waals surface area contributed by atoms with Gasteiger partial charge in [-0.2, -0.15) is 4.99 Å². The Morgan fingerprint density at radius 3 is 2.00 bits per heavy atom. The number of hydrogen-bond donors (Lipinski definition) is 0. The molecule has 0 N–H and O–H groups in total. The molecule has 0 saturated heterocycles. The van der Waals surface area contributed by atoms with Crippen LogP contribution >= 0.6 is 33.9 Å². The molecule has 0 unspecified atom stereocenters. The van der Waals surface area contributed by atoms with Gasteiger partial charge in [-0.05, 0) is 94.4 Å². The van der Waals surface area contributed by atoms with E-state index in [1.165, 1.54) is 11.3 Å². The zero-order chi connectivity index (χ0) is 22.7. The lowest BCUT2D eigenvalue weighted by Gasteiger charge is -2.09. The van der Waals surface area contributed by atoms with Crippen molar-refractivity contribution in [1.29, 1.82) is 0 Å². The number of hydrogen-bond acceptors (Lipinski definition) is 4. The van der Waals surface area contributed by atoms with Crippen molar-refractivity contribution in [2.45, 2.75) is 0 Å². The highest BCUT2D eigenvalue weighted by atomic mass is 127. The average molecular weight is 556 g/mol. The van der Waals surface area contributed by atoms with Gasteiger partial charge in [0.1, 0.15) is 11.5 Å². The fraction of sp³-hybridized carbons (Fsp3) is 0.120. The summed E-state index contributed by atoms with van der Waals surface area (Å²) in [6.45, 7) is 0. The molecule has 5 nitrogen and oxygen atoms in total. The Morgan fingerprint density at radius 2 is 1.44 bits per heavy atom. The van der Waals surface area contributed by atoms with Crippen LogP contribution < -0.4 is 14.3 Å². The molecule has 32 heavy (non-hydrogen) atoms. The fourth-order valence-electron chi connectivity index (χ4n) is 3.35. The maximum atomic E-state index is 12.9. The highest BCUT2D eigenvalue weighted by Gasteiger charge is 2.17. The zero-order valence-electron chi connectivity index (χ0n) is 17.8. The quantitative estimate of drug-likeness (QED) is 0.293. The Bertz CT molecular complexity index is 1320. The van der Waals surface area contributed by atoms with Crippen molar-refractivity contribution in [1.82, 2.24) is 4.57 Å². The number of amides is 1. The molecule has 0 aliphatic heterocycles. The van der Waals surface area contributed by atoms with E-state index < -0.39 is 0 Å². The van der Waals surface area contributed by atoms with Gasteiger partial charge >= 0.3 is 0 Å². The number of carbonyl (C=O) groups is 1. The highest BCUT2D eigenvalue weighted by molar-refractivity contribution is 14.1. The Kier molecular flexibility index (Phi) is 6.76. The second-order valence-electron chi connectivity index (χ2n) is 6.98. The van der Waals surface area contributed by atoms with E-state index >= 15 is 0 Å². The Balaban J connectivity index is 1.89. The first-order chi connectivity index (χ1) is 15.5. The summed E-state index contributed by atoms with van der Waals surface area (Å²) in [6, 6.07) is 23.3. The number of aromatic nitrogens is 1. The van der Waals surface area contributed by atoms with Gasteiger partial charge in [-0.3, -0.25) is 4.79 Å². The molecule has 1 aromatic heterocycles. The summed E-state index contributed by atoms with van der Waals surface area (Å²) in [5.41, 5.74) is 3.62. The van der Waals surface area contributed by atoms with Crippen LogP contribution in [0.4, 0.5) is 0 Å². The smallest absolute Gasteiger partial charge is 0.280 e. The molecule has 1 heterocycles. The topological polar surface area (TPSA) is 52.8 Å². The van der Waals surface area contributed by atoms with E-state index in [2.05, 4.69) is 27.6 Å². The summed E-state index contributed by atoms with van der Waals surface area (Å²) in [5.74, 6) is 1.32. The number of rotatable bonds is 5. The summed E-state index contributed by atoms with van der Waals surface area (Å²) in [5, 5.41) is 0. The second kappa shape index (κ2) is 9.70. The van der Waals surface area contributed by atoms with Gasteiger partial charge in [0.2, 0.25) is 0 Å². The van der Waals surface area contributed by atoms with Crippen LogP contribution in [0.3, 0.4) is 0 Å². The fourth-order valence-corrected chi connectivity index (χ4v) is 5.11. The number of nitrogens with zero attached hydrogens (tertiary/aromatic N) is 2. The molecule has 4 rings (SSSR count). The number of methoxy groups -OCH3 is 2. The third kappa shape index (κ3) is 4.49. The van der Waals surface area contributed by atoms with Crippen LogP contribution in [0.2, 0.25) is 0 Å². The Hall–Kier alpha value is -2.91. The minimum atomic E-state index is -0.255. The Labute approximate surface area is 204 Å². The lowest BCUT2D eigenvalue weighted by atomic mass is 10.1. The third-order valence-electron chi connectivity index (χ3n) is 5.05. The van der Waals surface area contributed by atoms with Crippen molar-refractivity contribution >= 4 is 39.8 Å². The average Bonchev–Trinajstić information content (AvgIpc) is 3.15. The van der Waals surface area contributed by atoms with Crippen LogP contribution in [0.1, 0.15) is 10.4 Å². The van der Waals surface area contributed by atoms with E-state index in [0.29, 0.717) is 10.4 Å². The number of ether oxygens (including phenoxy) is 2. The monoisotopic (exact) mass is 556 g/mol. The van der Waals surface area contributed by atoms with E-state index in [9.17, 15) is 4.79 Å². The molecule has 0 aliphatic carbocycles. The van der Waals surface area contributed by atoms with Gasteiger partial charge < -0.3 is 14.0 Å². The highest BCUT2D eigenvalue weighted by Crippen LogP contribution is 2.35. The maximum absolute atomic E-state index is 12.9. The molecule has 1 amide bonds. The van der Waals surface area contributed by atoms with Crippen molar-refractivity contribution < 1.29 is 14.3 Å². The van der Waals surface area contributed by atoms with Crippen molar-refractivity contribution in [3.05, 3.63) is 86.7 Å². The third-order valence-corrected chi connectivity index (χ3v) is 7.17. The lowest BCUT2D eigenvalue weighted by molar-refractivity contribution is 0.0997. The summed E-state index contributed by atoms with van der Waals surface area (Å²) in [7, 11) is 5.23. The number of thiazole rings is 1. The summed E-state index contributed by atoms with van der Waals surface area (Å²) >= 11 is 3.65. The molecule has 4 aromatic rings. The minimum absolute atomic E-state index is 0.255. The van der Waals surface area contributed by atoms with E-state index in [1.807, 2.05) is 78.3 Å². The van der Waals surface area contributed by atoms with Gasteiger partial charge in [0.05, 0.1) is 30.4 Å². The van der Waals surface area contributed by atoms with Gasteiger partial charge in [0.25, 0.3) is 5.91 Å². The Morgan fingerprint density at radius 1 is 0.875 bits per heavy atom. The lowest BCUT2D eigenvalue weighted by Crippen LogP contribution is -2.14. The van der Waals surface area contributed by atoms with Crippen LogP contribution in [-0.2, 0) is 7.05 Å². The normalized spacial score (nSPS) is 11.4. The molecule has 0 fully saturated rings. The largest absolute Gasteiger partial charge is 0.497 e. The molecule has 0 spiro atoms. The van der Waals surface area contributed by atoms with Crippen molar-refractivity contribution in [2.75, 3.05) is 14.2 Å². The van der Waals surface area contributed by atoms with Crippen LogP contribution in [0, 0.1) is 3.57 Å². The molecule has 0 bridgehead atoms. The maximum Gasteiger partial charge on any atom is 0.280 e. The second-order valence-corrected chi connectivity index (χ2v) is 9.11. The van der Waals surface area contributed by atoms with Crippen LogP contribution in [0.5, 0.6) is 11.5 Å². The van der Waals surface area contributed by atoms with Crippen molar-refractivity contribution in [2.24, 2.45) is 12.0 Å². The predicted molar refractivity (Wildman–Crippen MR) is 136 cm³/mol. The van der Waals surface area contributed by atoms with E-state index in [0.717, 1.165) is 36.8 Å². The number of benzene rings is 3. The first kappa shape index (κ1) is 22.3. The molecule has 0 radical (unpaired) electrons. The van der Waals surface area contributed by atoms with Gasteiger partial charge in [0.15, 0.2) is 4.80 Å². The number of carbonyl (C=O) groups excluding carboxylic acids is 1. The number of halogens is 1. The standard InChI is InChI=1S/C25H21IN2O3S/c1-28-22(16-8-12-18(30-2)13-9-16)23(17-10-14-19(31-3)15-11-17)32-25(28)27-24(29)20-6-4-5-7-21(20)26/h4-15H,1-3H3. The van der Waals surface area contributed by atoms with E-state index in [4.69, 9.17) is 9.47 Å². The van der Waals surface area contributed by atoms with Crippen LogP contribution in [0.15, 0.2) is 77.8 Å². The zero-order valence-corrected chi connectivity index (χ0v) is 20.8. The molecule has 162 valence electrons. The SMILES string of the molecule is COc1ccc(-c2sc(=NC(=O)c3ccccc3I)n(C)c2-c2ccc(OC)cc2)cc1. The minimum Gasteiger partial charge on any atom is -0.497 e. The van der Waals surface area contributed by atoms with Crippen LogP contribution in [-0.4, -0.2) is 24.7 Å². The van der Waals surface area contributed by atoms with Gasteiger partial charge in [-0.25, -0.2) is 0 Å². The summed E-state index contributed by atoms with van der Waals surface area (Å²) in [4.78, 5) is 19.1. The van der Waals surface area contributed by atoms with Crippen LogP contribution in [0.25, 0.3) is 21.7 Å². The van der Waals surface area contributed by atoms with Crippen molar-refractivity contribution in [3.63, 3.8) is 0 Å². The molecule has 3 aromatic carbocycles. The van der Waals surface area contributed by atoms with E-state index in [-0.39, 0.29) is 5.91 Å². The molecular weight excluding hydrogens is 535 g/mol. The summed E-state index contributed by atoms with van der Waals surface area (Å²) in [6.07, 6.45) is 0. The predicted octanol–water partition coefficient (Wildman–Crippen LogP) is 5.78. The molecule has 0 atom stereocenters. The molecule has 7 heteroatoms.